The SMILES string of the molecule is CC[C@H]1Oc2cc(S(=O)(=O)N3CCC[C@H](C(=O)NC4CCCC4)C3)c(C)cc2NC1=O. The third-order valence-electron chi connectivity index (χ3n) is 6.54. The number of ether oxygens (including phenoxy) is 1. The Morgan fingerprint density at radius 2 is 1.97 bits per heavy atom. The highest BCUT2D eigenvalue weighted by Gasteiger charge is 2.36. The molecular weight excluding hydrogens is 418 g/mol. The first-order chi connectivity index (χ1) is 14.8. The number of carbonyl (C=O) groups excluding carboxylic acids is 2. The number of aryl methyl sites for hydroxylation is 1. The van der Waals surface area contributed by atoms with E-state index >= 15 is 0 Å². The largest absolute Gasteiger partial charge is 0.478 e. The fraction of sp³-hybridized carbons (Fsp3) is 0.636. The molecule has 1 aromatic carbocycles. The van der Waals surface area contributed by atoms with E-state index in [0.29, 0.717) is 42.8 Å². The quantitative estimate of drug-likeness (QED) is 0.719. The Balaban J connectivity index is 1.53. The van der Waals surface area contributed by atoms with Gasteiger partial charge in [0.15, 0.2) is 6.10 Å². The lowest BCUT2D eigenvalue weighted by atomic mass is 9.98. The van der Waals surface area contributed by atoms with Crippen molar-refractivity contribution < 1.29 is 22.7 Å². The highest BCUT2D eigenvalue weighted by molar-refractivity contribution is 7.89. The number of anilines is 1. The lowest BCUT2D eigenvalue weighted by Gasteiger charge is -2.33. The second-order valence-corrected chi connectivity index (χ2v) is 10.7. The van der Waals surface area contributed by atoms with E-state index < -0.39 is 16.1 Å². The summed E-state index contributed by atoms with van der Waals surface area (Å²) in [7, 11) is -3.80. The molecule has 31 heavy (non-hydrogen) atoms. The molecule has 0 unspecified atom stereocenters. The normalized spacial score (nSPS) is 24.9. The topological polar surface area (TPSA) is 105 Å². The molecule has 0 spiro atoms. The lowest BCUT2D eigenvalue weighted by molar-refractivity contribution is -0.126. The number of rotatable bonds is 5. The molecule has 1 saturated heterocycles. The van der Waals surface area contributed by atoms with E-state index in [9.17, 15) is 18.0 Å². The Bertz CT molecular complexity index is 972. The minimum absolute atomic E-state index is 0.0363. The van der Waals surface area contributed by atoms with Gasteiger partial charge < -0.3 is 15.4 Å². The summed E-state index contributed by atoms with van der Waals surface area (Å²) in [5.74, 6) is -0.229. The fourth-order valence-corrected chi connectivity index (χ4v) is 6.48. The van der Waals surface area contributed by atoms with Gasteiger partial charge in [-0.3, -0.25) is 9.59 Å². The highest BCUT2D eigenvalue weighted by atomic mass is 32.2. The predicted molar refractivity (Wildman–Crippen MR) is 116 cm³/mol. The Morgan fingerprint density at radius 3 is 2.68 bits per heavy atom. The molecule has 2 heterocycles. The standard InChI is InChI=1S/C22H31N3O5S/c1-3-18-22(27)24-17-11-14(2)20(12-19(17)30-18)31(28,29)25-10-6-7-15(13-25)21(26)23-16-8-4-5-9-16/h11-12,15-16,18H,3-10,13H2,1-2H3,(H,23,26)(H,24,27)/t15-,18+/m0/s1. The number of hydrogen-bond donors (Lipinski definition) is 2. The van der Waals surface area contributed by atoms with Gasteiger partial charge >= 0.3 is 0 Å². The lowest BCUT2D eigenvalue weighted by Crippen LogP contribution is -2.47. The van der Waals surface area contributed by atoms with Crippen molar-refractivity contribution >= 4 is 27.5 Å². The Hall–Kier alpha value is -2.13. The van der Waals surface area contributed by atoms with Crippen molar-refractivity contribution in [3.8, 4) is 5.75 Å². The minimum Gasteiger partial charge on any atom is -0.478 e. The average molecular weight is 450 g/mol. The molecule has 1 aromatic rings. The maximum absolute atomic E-state index is 13.5. The average Bonchev–Trinajstić information content (AvgIpc) is 3.26. The van der Waals surface area contributed by atoms with Crippen molar-refractivity contribution in [3.05, 3.63) is 17.7 Å². The van der Waals surface area contributed by atoms with Crippen LogP contribution in [0.4, 0.5) is 5.69 Å². The molecule has 1 aliphatic carbocycles. The third kappa shape index (κ3) is 4.43. The van der Waals surface area contributed by atoms with Crippen LogP contribution >= 0.6 is 0 Å². The van der Waals surface area contributed by atoms with Crippen LogP contribution in [-0.2, 0) is 19.6 Å². The Kier molecular flexibility index (Phi) is 6.25. The van der Waals surface area contributed by atoms with Crippen LogP contribution in [-0.4, -0.2) is 49.8 Å². The number of carbonyl (C=O) groups is 2. The summed E-state index contributed by atoms with van der Waals surface area (Å²) in [5.41, 5.74) is 1.02. The van der Waals surface area contributed by atoms with Gasteiger partial charge in [-0.15, -0.1) is 0 Å². The van der Waals surface area contributed by atoms with Crippen LogP contribution in [0.3, 0.4) is 0 Å². The first-order valence-electron chi connectivity index (χ1n) is 11.2. The molecule has 4 rings (SSSR count). The molecule has 2 amide bonds. The van der Waals surface area contributed by atoms with Crippen molar-refractivity contribution in [1.29, 1.82) is 0 Å². The summed E-state index contributed by atoms with van der Waals surface area (Å²) < 4.78 is 34.1. The smallest absolute Gasteiger partial charge is 0.265 e. The van der Waals surface area contributed by atoms with Gasteiger partial charge in [-0.25, -0.2) is 8.42 Å². The summed E-state index contributed by atoms with van der Waals surface area (Å²) >= 11 is 0. The number of amides is 2. The molecule has 9 heteroatoms. The van der Waals surface area contributed by atoms with Crippen molar-refractivity contribution in [1.82, 2.24) is 9.62 Å². The molecule has 2 fully saturated rings. The molecular formula is C22H31N3O5S. The zero-order valence-electron chi connectivity index (χ0n) is 18.1. The maximum atomic E-state index is 13.5. The monoisotopic (exact) mass is 449 g/mol. The molecule has 2 atom stereocenters. The maximum Gasteiger partial charge on any atom is 0.265 e. The molecule has 0 aromatic heterocycles. The van der Waals surface area contributed by atoms with Crippen LogP contribution in [0.25, 0.3) is 0 Å². The van der Waals surface area contributed by atoms with Crippen LogP contribution in [0.15, 0.2) is 17.0 Å². The van der Waals surface area contributed by atoms with E-state index in [4.69, 9.17) is 4.74 Å². The van der Waals surface area contributed by atoms with Gasteiger partial charge in [0.1, 0.15) is 5.75 Å². The fourth-order valence-electron chi connectivity index (χ4n) is 4.73. The van der Waals surface area contributed by atoms with Gasteiger partial charge in [0.2, 0.25) is 15.9 Å². The van der Waals surface area contributed by atoms with Crippen LogP contribution in [0.1, 0.15) is 57.4 Å². The summed E-state index contributed by atoms with van der Waals surface area (Å²) in [5, 5.41) is 5.90. The van der Waals surface area contributed by atoms with Crippen LogP contribution in [0, 0.1) is 12.8 Å². The van der Waals surface area contributed by atoms with Crippen molar-refractivity contribution in [2.24, 2.45) is 5.92 Å². The number of fused-ring (bicyclic) bond motifs is 1. The summed E-state index contributed by atoms with van der Waals surface area (Å²) in [6, 6.07) is 3.37. The van der Waals surface area contributed by atoms with E-state index in [2.05, 4.69) is 10.6 Å². The van der Waals surface area contributed by atoms with Gasteiger partial charge in [-0.1, -0.05) is 19.8 Å². The third-order valence-corrected chi connectivity index (χ3v) is 8.55. The summed E-state index contributed by atoms with van der Waals surface area (Å²) in [4.78, 5) is 24.9. The second kappa shape index (κ2) is 8.78. The number of sulfonamides is 1. The molecule has 2 N–H and O–H groups in total. The van der Waals surface area contributed by atoms with Crippen molar-refractivity contribution in [3.63, 3.8) is 0 Å². The van der Waals surface area contributed by atoms with Gasteiger partial charge in [-0.05, 0) is 50.7 Å². The number of nitrogens with one attached hydrogen (secondary N) is 2. The van der Waals surface area contributed by atoms with E-state index in [1.807, 2.05) is 6.92 Å². The zero-order chi connectivity index (χ0) is 22.2. The number of nitrogens with zero attached hydrogens (tertiary/aromatic N) is 1. The molecule has 3 aliphatic rings. The van der Waals surface area contributed by atoms with Crippen LogP contribution in [0.2, 0.25) is 0 Å². The van der Waals surface area contributed by atoms with Gasteiger partial charge in [0, 0.05) is 25.2 Å². The molecule has 2 aliphatic heterocycles. The second-order valence-electron chi connectivity index (χ2n) is 8.81. The zero-order valence-corrected chi connectivity index (χ0v) is 19.0. The van der Waals surface area contributed by atoms with Crippen molar-refractivity contribution in [2.75, 3.05) is 18.4 Å². The first kappa shape index (κ1) is 22.1. The van der Waals surface area contributed by atoms with E-state index in [0.717, 1.165) is 25.7 Å². The number of hydrogen-bond acceptors (Lipinski definition) is 5. The van der Waals surface area contributed by atoms with Gasteiger partial charge in [0.25, 0.3) is 5.91 Å². The van der Waals surface area contributed by atoms with E-state index in [1.165, 1.54) is 10.4 Å². The molecule has 1 saturated carbocycles. The number of benzene rings is 1. The highest BCUT2D eigenvalue weighted by Crippen LogP contribution is 2.36. The van der Waals surface area contributed by atoms with E-state index in [-0.39, 0.29) is 35.2 Å². The van der Waals surface area contributed by atoms with Crippen LogP contribution in [0.5, 0.6) is 5.75 Å². The molecule has 0 radical (unpaired) electrons. The van der Waals surface area contributed by atoms with Crippen molar-refractivity contribution in [2.45, 2.75) is 75.8 Å². The predicted octanol–water partition coefficient (Wildman–Crippen LogP) is 2.56. The van der Waals surface area contributed by atoms with E-state index in [1.54, 1.807) is 13.0 Å². The molecule has 170 valence electrons. The summed E-state index contributed by atoms with van der Waals surface area (Å²) in [6.45, 7) is 4.12. The molecule has 0 bridgehead atoms. The Labute approximate surface area is 183 Å². The number of piperidine rings is 1. The van der Waals surface area contributed by atoms with Crippen LogP contribution < -0.4 is 15.4 Å². The Morgan fingerprint density at radius 1 is 1.23 bits per heavy atom. The molecule has 8 nitrogen and oxygen atoms in total. The van der Waals surface area contributed by atoms with Gasteiger partial charge in [0.05, 0.1) is 16.5 Å². The van der Waals surface area contributed by atoms with Gasteiger partial charge in [-0.2, -0.15) is 4.31 Å². The minimum atomic E-state index is -3.80. The first-order valence-corrected chi connectivity index (χ1v) is 12.7. The summed E-state index contributed by atoms with van der Waals surface area (Å²) in [6.07, 6.45) is 5.48.